The lowest BCUT2D eigenvalue weighted by molar-refractivity contribution is 0.475. The first kappa shape index (κ1) is 11.8. The van der Waals surface area contributed by atoms with Gasteiger partial charge in [-0.15, -0.1) is 0 Å². The number of rotatable bonds is 2. The number of benzene rings is 1. The van der Waals surface area contributed by atoms with Gasteiger partial charge in [0, 0.05) is 17.3 Å². The summed E-state index contributed by atoms with van der Waals surface area (Å²) in [4.78, 5) is 19.2. The number of aromatic amines is 1. The van der Waals surface area contributed by atoms with E-state index in [2.05, 4.69) is 15.3 Å². The first-order valence-corrected chi connectivity index (χ1v) is 6.40. The van der Waals surface area contributed by atoms with E-state index in [1.807, 2.05) is 0 Å². The summed E-state index contributed by atoms with van der Waals surface area (Å²) in [6.45, 7) is 0. The number of aryl methyl sites for hydroxylation is 1. The second-order valence-electron chi connectivity index (χ2n) is 4.72. The Bertz CT molecular complexity index is 664. The van der Waals surface area contributed by atoms with Crippen molar-refractivity contribution in [2.75, 3.05) is 5.32 Å². The maximum Gasteiger partial charge on any atom is 0.255 e. The monoisotopic (exact) mass is 257 g/mol. The summed E-state index contributed by atoms with van der Waals surface area (Å²) < 4.78 is 0. The van der Waals surface area contributed by atoms with Crippen LogP contribution in [0.3, 0.4) is 0 Å². The summed E-state index contributed by atoms with van der Waals surface area (Å²) in [6.07, 6.45) is 3.80. The molecule has 5 heteroatoms. The van der Waals surface area contributed by atoms with E-state index in [0.29, 0.717) is 11.6 Å². The number of phenolic OH excluding ortho intramolecular Hbond substituents is 1. The van der Waals surface area contributed by atoms with Crippen molar-refractivity contribution in [3.63, 3.8) is 0 Å². The van der Waals surface area contributed by atoms with Crippen molar-refractivity contribution in [1.82, 2.24) is 9.97 Å². The first-order valence-electron chi connectivity index (χ1n) is 6.40. The zero-order valence-corrected chi connectivity index (χ0v) is 10.4. The topological polar surface area (TPSA) is 78.0 Å². The van der Waals surface area contributed by atoms with Crippen molar-refractivity contribution in [2.45, 2.75) is 25.7 Å². The molecule has 1 heterocycles. The van der Waals surface area contributed by atoms with Gasteiger partial charge in [0.2, 0.25) is 5.95 Å². The normalized spacial score (nSPS) is 13.9. The van der Waals surface area contributed by atoms with E-state index >= 15 is 0 Å². The molecule has 1 aliphatic carbocycles. The number of phenols is 1. The molecule has 0 saturated carbocycles. The second kappa shape index (κ2) is 4.76. The fourth-order valence-corrected chi connectivity index (χ4v) is 2.38. The third kappa shape index (κ3) is 2.45. The van der Waals surface area contributed by atoms with Crippen LogP contribution >= 0.6 is 0 Å². The van der Waals surface area contributed by atoms with Crippen LogP contribution in [0, 0.1) is 0 Å². The standard InChI is InChI=1S/C14H15N3O2/c18-10-5-3-4-9(8-10)15-14-16-12-7-2-1-6-11(12)13(19)17-14/h3-5,8,18H,1-2,6-7H2,(H2,15,16,17,19). The van der Waals surface area contributed by atoms with Crippen LogP contribution in [0.15, 0.2) is 29.1 Å². The molecule has 0 aliphatic heterocycles. The second-order valence-corrected chi connectivity index (χ2v) is 4.72. The lowest BCUT2D eigenvalue weighted by Gasteiger charge is -2.15. The lowest BCUT2D eigenvalue weighted by atomic mass is 9.97. The number of nitrogens with one attached hydrogen (secondary N) is 2. The Morgan fingerprint density at radius 1 is 1.26 bits per heavy atom. The maximum absolute atomic E-state index is 12.0. The van der Waals surface area contributed by atoms with E-state index in [4.69, 9.17) is 0 Å². The molecule has 0 fully saturated rings. The highest BCUT2D eigenvalue weighted by Crippen LogP contribution is 2.20. The molecule has 2 aromatic rings. The molecule has 0 unspecified atom stereocenters. The highest BCUT2D eigenvalue weighted by atomic mass is 16.3. The van der Waals surface area contributed by atoms with E-state index in [1.165, 1.54) is 0 Å². The number of hydrogen-bond acceptors (Lipinski definition) is 4. The van der Waals surface area contributed by atoms with Gasteiger partial charge in [-0.1, -0.05) is 6.07 Å². The zero-order chi connectivity index (χ0) is 13.2. The van der Waals surface area contributed by atoms with Gasteiger partial charge in [-0.25, -0.2) is 4.98 Å². The number of anilines is 2. The number of hydrogen-bond donors (Lipinski definition) is 3. The van der Waals surface area contributed by atoms with Crippen molar-refractivity contribution in [3.8, 4) is 5.75 Å². The molecule has 3 N–H and O–H groups in total. The summed E-state index contributed by atoms with van der Waals surface area (Å²) >= 11 is 0. The molecule has 0 amide bonds. The molecular weight excluding hydrogens is 242 g/mol. The molecule has 3 rings (SSSR count). The van der Waals surface area contributed by atoms with E-state index in [0.717, 1.165) is 36.9 Å². The van der Waals surface area contributed by atoms with Gasteiger partial charge in [-0.3, -0.25) is 9.78 Å². The maximum atomic E-state index is 12.0. The van der Waals surface area contributed by atoms with Gasteiger partial charge < -0.3 is 10.4 Å². The number of aromatic hydroxyl groups is 1. The number of nitrogens with zero attached hydrogens (tertiary/aromatic N) is 1. The number of H-pyrrole nitrogens is 1. The molecule has 0 bridgehead atoms. The van der Waals surface area contributed by atoms with Gasteiger partial charge >= 0.3 is 0 Å². The van der Waals surface area contributed by atoms with Crippen molar-refractivity contribution in [2.24, 2.45) is 0 Å². The average molecular weight is 257 g/mol. The summed E-state index contributed by atoms with van der Waals surface area (Å²) in [5, 5.41) is 12.4. The molecule has 1 aromatic heterocycles. The largest absolute Gasteiger partial charge is 0.508 e. The van der Waals surface area contributed by atoms with Crippen LogP contribution < -0.4 is 10.9 Å². The van der Waals surface area contributed by atoms with Crippen LogP contribution in [-0.2, 0) is 12.8 Å². The molecule has 98 valence electrons. The van der Waals surface area contributed by atoms with Gasteiger partial charge in [0.25, 0.3) is 5.56 Å². The minimum absolute atomic E-state index is 0.0626. The fourth-order valence-electron chi connectivity index (χ4n) is 2.38. The van der Waals surface area contributed by atoms with Crippen molar-refractivity contribution >= 4 is 11.6 Å². The minimum Gasteiger partial charge on any atom is -0.508 e. The third-order valence-corrected chi connectivity index (χ3v) is 3.30. The number of aromatic nitrogens is 2. The Morgan fingerprint density at radius 3 is 2.95 bits per heavy atom. The van der Waals surface area contributed by atoms with Gasteiger partial charge in [0.1, 0.15) is 5.75 Å². The number of fused-ring (bicyclic) bond motifs is 1. The molecule has 1 aliphatic rings. The molecular formula is C14H15N3O2. The van der Waals surface area contributed by atoms with Crippen LogP contribution in [0.25, 0.3) is 0 Å². The SMILES string of the molecule is O=c1[nH]c(Nc2cccc(O)c2)nc2c1CCCC2. The average Bonchev–Trinajstić information content (AvgIpc) is 2.39. The highest BCUT2D eigenvalue weighted by molar-refractivity contribution is 5.55. The molecule has 19 heavy (non-hydrogen) atoms. The van der Waals surface area contributed by atoms with E-state index < -0.39 is 0 Å². The summed E-state index contributed by atoms with van der Waals surface area (Å²) in [6, 6.07) is 6.71. The Balaban J connectivity index is 1.94. The first-order chi connectivity index (χ1) is 9.22. The van der Waals surface area contributed by atoms with Crippen molar-refractivity contribution in [1.29, 1.82) is 0 Å². The summed E-state index contributed by atoms with van der Waals surface area (Å²) in [7, 11) is 0. The lowest BCUT2D eigenvalue weighted by Crippen LogP contribution is -2.22. The minimum atomic E-state index is -0.0626. The predicted octanol–water partition coefficient (Wildman–Crippen LogP) is 2.10. The fraction of sp³-hybridized carbons (Fsp3) is 0.286. The third-order valence-electron chi connectivity index (χ3n) is 3.30. The summed E-state index contributed by atoms with van der Waals surface area (Å²) in [5.74, 6) is 0.599. The van der Waals surface area contributed by atoms with Gasteiger partial charge in [0.05, 0.1) is 5.69 Å². The van der Waals surface area contributed by atoms with E-state index in [1.54, 1.807) is 24.3 Å². The molecule has 5 nitrogen and oxygen atoms in total. The molecule has 1 aromatic carbocycles. The van der Waals surface area contributed by atoms with Crippen molar-refractivity contribution in [3.05, 3.63) is 45.9 Å². The molecule has 0 saturated heterocycles. The van der Waals surface area contributed by atoms with E-state index in [9.17, 15) is 9.90 Å². The Labute approximate surface area is 110 Å². The molecule has 0 spiro atoms. The smallest absolute Gasteiger partial charge is 0.255 e. The van der Waals surface area contributed by atoms with Gasteiger partial charge in [0.15, 0.2) is 0 Å². The predicted molar refractivity (Wildman–Crippen MR) is 72.9 cm³/mol. The molecule has 0 radical (unpaired) electrons. The Hall–Kier alpha value is -2.30. The van der Waals surface area contributed by atoms with Crippen LogP contribution in [0.1, 0.15) is 24.1 Å². The van der Waals surface area contributed by atoms with Gasteiger partial charge in [-0.05, 0) is 37.8 Å². The quantitative estimate of drug-likeness (QED) is 0.770. The van der Waals surface area contributed by atoms with Gasteiger partial charge in [-0.2, -0.15) is 0 Å². The van der Waals surface area contributed by atoms with Crippen LogP contribution in [-0.4, -0.2) is 15.1 Å². The van der Waals surface area contributed by atoms with E-state index in [-0.39, 0.29) is 11.3 Å². The van der Waals surface area contributed by atoms with Crippen LogP contribution in [0.2, 0.25) is 0 Å². The Kier molecular flexibility index (Phi) is 2.95. The Morgan fingerprint density at radius 2 is 2.11 bits per heavy atom. The van der Waals surface area contributed by atoms with Crippen LogP contribution in [0.4, 0.5) is 11.6 Å². The van der Waals surface area contributed by atoms with Crippen LogP contribution in [0.5, 0.6) is 5.75 Å². The van der Waals surface area contributed by atoms with Crippen molar-refractivity contribution < 1.29 is 5.11 Å². The summed E-state index contributed by atoms with van der Waals surface area (Å²) in [5.41, 5.74) is 2.33. The molecule has 0 atom stereocenters. The zero-order valence-electron chi connectivity index (χ0n) is 10.4. The highest BCUT2D eigenvalue weighted by Gasteiger charge is 2.15.